The zero-order valence-electron chi connectivity index (χ0n) is 7.53. The lowest BCUT2D eigenvalue weighted by atomic mass is 9.97. The molecule has 1 aliphatic heterocycles. The van der Waals surface area contributed by atoms with Crippen LogP contribution in [0.25, 0.3) is 0 Å². The number of rotatable bonds is 1. The lowest BCUT2D eigenvalue weighted by molar-refractivity contribution is -0.144. The molecule has 3 nitrogen and oxygen atoms in total. The second-order valence-electron chi connectivity index (χ2n) is 4.24. The lowest BCUT2D eigenvalue weighted by Gasteiger charge is -2.19. The maximum Gasteiger partial charge on any atom is 0.323 e. The molecule has 1 heterocycles. The van der Waals surface area contributed by atoms with E-state index in [2.05, 4.69) is 5.32 Å². The second-order valence-corrected chi connectivity index (χ2v) is 4.24. The van der Waals surface area contributed by atoms with Crippen molar-refractivity contribution in [1.29, 1.82) is 0 Å². The number of nitrogens with one attached hydrogen (secondary N) is 1. The first-order valence-electron chi connectivity index (χ1n) is 4.65. The van der Waals surface area contributed by atoms with Crippen LogP contribution >= 0.6 is 12.4 Å². The summed E-state index contributed by atoms with van der Waals surface area (Å²) < 4.78 is 4.75. The average molecular weight is 204 g/mol. The van der Waals surface area contributed by atoms with E-state index in [1.807, 2.05) is 0 Å². The average Bonchev–Trinajstić information content (AvgIpc) is 2.71. The Kier molecular flexibility index (Phi) is 2.04. The van der Waals surface area contributed by atoms with Crippen LogP contribution in [-0.4, -0.2) is 25.2 Å². The van der Waals surface area contributed by atoms with E-state index in [1.165, 1.54) is 20.0 Å². The minimum absolute atomic E-state index is 0. The van der Waals surface area contributed by atoms with E-state index in [-0.39, 0.29) is 24.4 Å². The summed E-state index contributed by atoms with van der Waals surface area (Å²) in [6.07, 6.45) is 2.55. The highest BCUT2D eigenvalue weighted by Crippen LogP contribution is 2.59. The van der Waals surface area contributed by atoms with Gasteiger partial charge in [0.1, 0.15) is 6.04 Å². The van der Waals surface area contributed by atoms with Crippen LogP contribution in [0.5, 0.6) is 0 Å². The predicted molar refractivity (Wildman–Crippen MR) is 49.7 cm³/mol. The Morgan fingerprint density at radius 2 is 2.08 bits per heavy atom. The van der Waals surface area contributed by atoms with Crippen molar-refractivity contribution in [3.8, 4) is 0 Å². The van der Waals surface area contributed by atoms with Crippen LogP contribution in [0.3, 0.4) is 0 Å². The molecule has 4 heteroatoms. The molecular formula is C9H14ClNO2. The standard InChI is InChI=1S/C9H13NO2.ClH/c1-12-9(11)8-6-3-7(10-8)5-2-4(5)6;/h4-8,10H,2-3H2,1H3;1H. The maximum atomic E-state index is 11.3. The van der Waals surface area contributed by atoms with E-state index >= 15 is 0 Å². The third-order valence-electron chi connectivity index (χ3n) is 3.76. The second kappa shape index (κ2) is 2.85. The van der Waals surface area contributed by atoms with Gasteiger partial charge in [0.05, 0.1) is 7.11 Å². The molecule has 2 bridgehead atoms. The highest BCUT2D eigenvalue weighted by atomic mass is 35.5. The molecule has 0 spiro atoms. The van der Waals surface area contributed by atoms with E-state index in [0.29, 0.717) is 12.0 Å². The van der Waals surface area contributed by atoms with Crippen molar-refractivity contribution >= 4 is 18.4 Å². The molecule has 13 heavy (non-hydrogen) atoms. The van der Waals surface area contributed by atoms with E-state index in [4.69, 9.17) is 4.74 Å². The molecule has 0 amide bonds. The molecule has 3 rings (SSSR count). The number of ether oxygens (including phenoxy) is 1. The fourth-order valence-electron chi connectivity index (χ4n) is 3.13. The van der Waals surface area contributed by atoms with Gasteiger partial charge in [-0.05, 0) is 30.6 Å². The lowest BCUT2D eigenvalue weighted by Crippen LogP contribution is -2.43. The molecule has 0 aromatic carbocycles. The Morgan fingerprint density at radius 1 is 1.31 bits per heavy atom. The van der Waals surface area contributed by atoms with Gasteiger partial charge in [-0.15, -0.1) is 12.4 Å². The van der Waals surface area contributed by atoms with Crippen molar-refractivity contribution in [3.05, 3.63) is 0 Å². The van der Waals surface area contributed by atoms with Crippen LogP contribution in [0.1, 0.15) is 12.8 Å². The van der Waals surface area contributed by atoms with Crippen molar-refractivity contribution < 1.29 is 9.53 Å². The Bertz CT molecular complexity index is 246. The Balaban J connectivity index is 0.000000653. The number of esters is 1. The smallest absolute Gasteiger partial charge is 0.323 e. The summed E-state index contributed by atoms with van der Waals surface area (Å²) in [6.45, 7) is 0. The molecule has 0 radical (unpaired) electrons. The number of carbonyl (C=O) groups excluding carboxylic acids is 1. The summed E-state index contributed by atoms with van der Waals surface area (Å²) in [5.41, 5.74) is 0. The molecule has 1 saturated heterocycles. The summed E-state index contributed by atoms with van der Waals surface area (Å²) in [5.74, 6) is 2.27. The van der Waals surface area contributed by atoms with Gasteiger partial charge < -0.3 is 10.1 Å². The van der Waals surface area contributed by atoms with E-state index in [9.17, 15) is 4.79 Å². The SMILES string of the molecule is COC(=O)C1NC2CC1C1CC21.Cl. The maximum absolute atomic E-state index is 11.3. The zero-order valence-corrected chi connectivity index (χ0v) is 8.34. The van der Waals surface area contributed by atoms with Crippen molar-refractivity contribution in [3.63, 3.8) is 0 Å². The molecule has 74 valence electrons. The van der Waals surface area contributed by atoms with Crippen LogP contribution in [0.15, 0.2) is 0 Å². The third kappa shape index (κ3) is 1.10. The van der Waals surface area contributed by atoms with Gasteiger partial charge in [0.2, 0.25) is 0 Å². The molecule has 3 aliphatic rings. The first kappa shape index (κ1) is 9.28. The molecule has 5 atom stereocenters. The topological polar surface area (TPSA) is 38.3 Å². The first-order valence-corrected chi connectivity index (χ1v) is 4.65. The number of fused-ring (bicyclic) bond motifs is 5. The van der Waals surface area contributed by atoms with Gasteiger partial charge in [-0.3, -0.25) is 4.79 Å². The highest BCUT2D eigenvalue weighted by Gasteiger charge is 2.62. The van der Waals surface area contributed by atoms with Gasteiger partial charge in [-0.1, -0.05) is 0 Å². The highest BCUT2D eigenvalue weighted by molar-refractivity contribution is 5.85. The fourth-order valence-corrected chi connectivity index (χ4v) is 3.13. The summed E-state index contributed by atoms with van der Waals surface area (Å²) in [4.78, 5) is 11.3. The van der Waals surface area contributed by atoms with Gasteiger partial charge in [-0.2, -0.15) is 0 Å². The molecule has 2 saturated carbocycles. The molecule has 2 aliphatic carbocycles. The minimum Gasteiger partial charge on any atom is -0.468 e. The first-order chi connectivity index (χ1) is 5.81. The number of methoxy groups -OCH3 is 1. The summed E-state index contributed by atoms with van der Waals surface area (Å²) in [7, 11) is 1.47. The number of hydrogen-bond acceptors (Lipinski definition) is 3. The molecule has 1 N–H and O–H groups in total. The van der Waals surface area contributed by atoms with Crippen molar-refractivity contribution in [1.82, 2.24) is 5.32 Å². The van der Waals surface area contributed by atoms with Gasteiger partial charge >= 0.3 is 5.97 Å². The molecule has 0 aromatic rings. The Labute approximate surface area is 83.6 Å². The van der Waals surface area contributed by atoms with Gasteiger partial charge in [-0.25, -0.2) is 0 Å². The number of piperidine rings is 1. The van der Waals surface area contributed by atoms with Gasteiger partial charge in [0.15, 0.2) is 0 Å². The number of halogens is 1. The fraction of sp³-hybridized carbons (Fsp3) is 0.889. The van der Waals surface area contributed by atoms with E-state index < -0.39 is 0 Å². The molecular weight excluding hydrogens is 190 g/mol. The van der Waals surface area contributed by atoms with Crippen LogP contribution < -0.4 is 5.32 Å². The molecule has 3 fully saturated rings. The zero-order chi connectivity index (χ0) is 8.29. The van der Waals surface area contributed by atoms with Crippen molar-refractivity contribution in [2.45, 2.75) is 24.9 Å². The van der Waals surface area contributed by atoms with Gasteiger partial charge in [0.25, 0.3) is 0 Å². The Morgan fingerprint density at radius 3 is 2.62 bits per heavy atom. The van der Waals surface area contributed by atoms with Crippen LogP contribution in [-0.2, 0) is 9.53 Å². The molecule has 5 unspecified atom stereocenters. The normalized spacial score (nSPS) is 49.5. The number of hydrogen-bond donors (Lipinski definition) is 1. The van der Waals surface area contributed by atoms with Crippen molar-refractivity contribution in [2.75, 3.05) is 7.11 Å². The predicted octanol–water partition coefficient (Wildman–Crippen LogP) is 0.578. The van der Waals surface area contributed by atoms with Crippen LogP contribution in [0.4, 0.5) is 0 Å². The third-order valence-corrected chi connectivity index (χ3v) is 3.76. The van der Waals surface area contributed by atoms with Gasteiger partial charge in [0, 0.05) is 6.04 Å². The quantitative estimate of drug-likeness (QED) is 0.634. The largest absolute Gasteiger partial charge is 0.468 e. The number of carbonyl (C=O) groups is 1. The molecule has 0 aromatic heterocycles. The van der Waals surface area contributed by atoms with E-state index in [0.717, 1.165) is 11.8 Å². The summed E-state index contributed by atoms with van der Waals surface area (Å²) in [5, 5.41) is 3.36. The Hall–Kier alpha value is -0.280. The van der Waals surface area contributed by atoms with Crippen LogP contribution in [0, 0.1) is 17.8 Å². The summed E-state index contributed by atoms with van der Waals surface area (Å²) in [6, 6.07) is 0.646. The summed E-state index contributed by atoms with van der Waals surface area (Å²) >= 11 is 0. The monoisotopic (exact) mass is 203 g/mol. The van der Waals surface area contributed by atoms with Crippen molar-refractivity contribution in [2.24, 2.45) is 17.8 Å². The van der Waals surface area contributed by atoms with Crippen LogP contribution in [0.2, 0.25) is 0 Å². The minimum atomic E-state index is -0.0622. The van der Waals surface area contributed by atoms with E-state index in [1.54, 1.807) is 0 Å².